The zero-order chi connectivity index (χ0) is 21.4. The molecule has 2 heterocycles. The number of fused-ring (bicyclic) bond motifs is 2. The van der Waals surface area contributed by atoms with Gasteiger partial charge < -0.3 is 15.8 Å². The van der Waals surface area contributed by atoms with E-state index in [0.29, 0.717) is 16.5 Å². The van der Waals surface area contributed by atoms with E-state index in [-0.39, 0.29) is 5.88 Å². The predicted octanol–water partition coefficient (Wildman–Crippen LogP) is 5.71. The van der Waals surface area contributed by atoms with Crippen LogP contribution in [0.25, 0.3) is 5.70 Å². The first-order valence-electron chi connectivity index (χ1n) is 9.73. The molecular weight excluding hydrogens is 408 g/mol. The second-order valence-corrected chi connectivity index (χ2v) is 7.63. The second-order valence-electron chi connectivity index (χ2n) is 7.19. The molecule has 3 aromatic carbocycles. The highest BCUT2D eigenvalue weighted by atomic mass is 35.5. The molecule has 5 nitrogen and oxygen atoms in total. The van der Waals surface area contributed by atoms with E-state index in [1.54, 1.807) is 12.1 Å². The average Bonchev–Trinajstić information content (AvgIpc) is 2.96. The Hall–Kier alpha value is -4.01. The maximum atomic E-state index is 9.96. The molecule has 0 bridgehead atoms. The van der Waals surface area contributed by atoms with Crippen molar-refractivity contribution in [3.05, 3.63) is 112 Å². The normalized spacial score (nSPS) is 17.4. The summed E-state index contributed by atoms with van der Waals surface area (Å²) in [4.78, 5) is 4.77. The monoisotopic (exact) mass is 424 g/mol. The van der Waals surface area contributed by atoms with Crippen molar-refractivity contribution in [2.45, 2.75) is 5.92 Å². The molecule has 0 saturated carbocycles. The molecule has 150 valence electrons. The summed E-state index contributed by atoms with van der Waals surface area (Å²) >= 11 is 6.12. The molecule has 0 saturated heterocycles. The van der Waals surface area contributed by atoms with Gasteiger partial charge in [0.05, 0.1) is 28.6 Å². The third kappa shape index (κ3) is 3.33. The van der Waals surface area contributed by atoms with E-state index < -0.39 is 5.92 Å². The number of hydrogen-bond acceptors (Lipinski definition) is 5. The lowest BCUT2D eigenvalue weighted by atomic mass is 9.81. The van der Waals surface area contributed by atoms with E-state index in [1.165, 1.54) is 0 Å². The number of rotatable bonds is 2. The van der Waals surface area contributed by atoms with Crippen LogP contribution in [0.3, 0.4) is 0 Å². The average molecular weight is 425 g/mol. The number of aliphatic imine (C=N–C) groups is 1. The smallest absolute Gasteiger partial charge is 0.228 e. The summed E-state index contributed by atoms with van der Waals surface area (Å²) in [7, 11) is 0. The molecule has 0 radical (unpaired) electrons. The first kappa shape index (κ1) is 19.0. The molecule has 2 aliphatic rings. The molecule has 0 aromatic heterocycles. The maximum Gasteiger partial charge on any atom is 0.228 e. The minimum absolute atomic E-state index is 0.0525. The number of nitrogens with two attached hydrogens (primary N) is 1. The minimum atomic E-state index is -0.466. The number of hydrogen-bond donors (Lipinski definition) is 2. The van der Waals surface area contributed by atoms with Crippen molar-refractivity contribution < 1.29 is 4.74 Å². The summed E-state index contributed by atoms with van der Waals surface area (Å²) in [6, 6.07) is 27.3. The number of halogens is 1. The van der Waals surface area contributed by atoms with Gasteiger partial charge >= 0.3 is 0 Å². The summed E-state index contributed by atoms with van der Waals surface area (Å²) in [5.41, 5.74) is 11.5. The predicted molar refractivity (Wildman–Crippen MR) is 123 cm³/mol. The third-order valence-corrected chi connectivity index (χ3v) is 5.57. The van der Waals surface area contributed by atoms with Gasteiger partial charge in [-0.25, -0.2) is 4.99 Å². The van der Waals surface area contributed by atoms with Crippen molar-refractivity contribution in [3.63, 3.8) is 0 Å². The Kier molecular flexibility index (Phi) is 4.70. The van der Waals surface area contributed by atoms with Crippen molar-refractivity contribution in [3.8, 4) is 6.07 Å². The van der Waals surface area contributed by atoms with Gasteiger partial charge in [-0.2, -0.15) is 5.26 Å². The van der Waals surface area contributed by atoms with Gasteiger partial charge in [-0.05, 0) is 35.4 Å². The van der Waals surface area contributed by atoms with E-state index in [9.17, 15) is 5.26 Å². The number of para-hydroxylation sites is 2. The lowest BCUT2D eigenvalue weighted by Gasteiger charge is -2.29. The summed E-state index contributed by atoms with van der Waals surface area (Å²) in [5.74, 6) is -0.0451. The number of benzene rings is 3. The zero-order valence-corrected chi connectivity index (χ0v) is 17.1. The van der Waals surface area contributed by atoms with Crippen LogP contribution in [0, 0.1) is 11.3 Å². The number of nitrogens with one attached hydrogen (secondary N) is 1. The van der Waals surface area contributed by atoms with Crippen molar-refractivity contribution in [1.82, 2.24) is 0 Å². The Morgan fingerprint density at radius 1 is 0.968 bits per heavy atom. The van der Waals surface area contributed by atoms with Crippen LogP contribution >= 0.6 is 11.6 Å². The van der Waals surface area contributed by atoms with Gasteiger partial charge in [0.15, 0.2) is 0 Å². The summed E-state index contributed by atoms with van der Waals surface area (Å²) in [5, 5.41) is 14.1. The number of anilines is 1. The second kappa shape index (κ2) is 7.67. The van der Waals surface area contributed by atoms with Crippen LogP contribution in [-0.2, 0) is 4.74 Å². The van der Waals surface area contributed by atoms with Crippen LogP contribution in [0.15, 0.2) is 101 Å². The minimum Gasteiger partial charge on any atom is -0.422 e. The Balaban J connectivity index is 1.84. The van der Waals surface area contributed by atoms with Gasteiger partial charge in [-0.3, -0.25) is 0 Å². The van der Waals surface area contributed by atoms with E-state index in [1.807, 2.05) is 66.7 Å². The van der Waals surface area contributed by atoms with Gasteiger partial charge in [-0.1, -0.05) is 66.2 Å². The fourth-order valence-electron chi connectivity index (χ4n) is 3.89. The van der Waals surface area contributed by atoms with E-state index in [0.717, 1.165) is 33.8 Å². The molecule has 1 unspecified atom stereocenters. The topological polar surface area (TPSA) is 83.4 Å². The van der Waals surface area contributed by atoms with E-state index >= 15 is 0 Å². The highest BCUT2D eigenvalue weighted by Gasteiger charge is 2.38. The van der Waals surface area contributed by atoms with Gasteiger partial charge in [-0.15, -0.1) is 0 Å². The number of nitrogens with zero attached hydrogens (tertiary/aromatic N) is 2. The molecule has 6 heteroatoms. The van der Waals surface area contributed by atoms with Gasteiger partial charge in [0.25, 0.3) is 0 Å². The Morgan fingerprint density at radius 3 is 2.42 bits per heavy atom. The van der Waals surface area contributed by atoms with Crippen molar-refractivity contribution in [2.24, 2.45) is 10.7 Å². The van der Waals surface area contributed by atoms with Crippen LogP contribution < -0.4 is 11.1 Å². The maximum absolute atomic E-state index is 9.96. The molecular formula is C25H17ClN4O. The highest BCUT2D eigenvalue weighted by Crippen LogP contribution is 2.45. The molecule has 5 rings (SSSR count). The lowest BCUT2D eigenvalue weighted by molar-refractivity contribution is 0.388. The summed E-state index contributed by atoms with van der Waals surface area (Å²) in [6.07, 6.45) is 0. The van der Waals surface area contributed by atoms with Crippen LogP contribution in [-0.4, -0.2) is 5.90 Å². The number of ether oxygens (including phenoxy) is 1. The summed E-state index contributed by atoms with van der Waals surface area (Å²) < 4.78 is 5.92. The molecule has 1 atom stereocenters. The van der Waals surface area contributed by atoms with Gasteiger partial charge in [0, 0.05) is 5.02 Å². The fraction of sp³-hybridized carbons (Fsp3) is 0.0400. The Morgan fingerprint density at radius 2 is 1.68 bits per heavy atom. The molecule has 3 aromatic rings. The van der Waals surface area contributed by atoms with Crippen molar-refractivity contribution in [1.29, 1.82) is 5.26 Å². The summed E-state index contributed by atoms with van der Waals surface area (Å²) in [6.45, 7) is 0. The quantitative estimate of drug-likeness (QED) is 0.551. The van der Waals surface area contributed by atoms with Gasteiger partial charge in [0.2, 0.25) is 11.8 Å². The Bertz CT molecular complexity index is 1300. The zero-order valence-electron chi connectivity index (χ0n) is 16.3. The van der Waals surface area contributed by atoms with Crippen molar-refractivity contribution in [2.75, 3.05) is 5.32 Å². The molecule has 31 heavy (non-hydrogen) atoms. The third-order valence-electron chi connectivity index (χ3n) is 5.32. The Labute approximate surface area is 184 Å². The molecule has 3 N–H and O–H groups in total. The highest BCUT2D eigenvalue weighted by molar-refractivity contribution is 6.30. The molecule has 0 fully saturated rings. The standard InChI is InChI=1S/C25H17ClN4O/c26-17-12-10-15(11-13-17)21-18(14-27)24(28)31-25-22(21)23(16-6-2-1-3-7-16)29-19-8-4-5-9-20(19)30-25/h1-13,21,29H,28H2. The van der Waals surface area contributed by atoms with Crippen molar-refractivity contribution >= 4 is 34.6 Å². The fourth-order valence-corrected chi connectivity index (χ4v) is 4.01. The number of nitriles is 1. The van der Waals surface area contributed by atoms with Crippen LogP contribution in [0.2, 0.25) is 5.02 Å². The molecule has 0 aliphatic carbocycles. The van der Waals surface area contributed by atoms with Gasteiger partial charge in [0.1, 0.15) is 11.6 Å². The molecule has 0 amide bonds. The van der Waals surface area contributed by atoms with E-state index in [4.69, 9.17) is 27.1 Å². The van der Waals surface area contributed by atoms with Crippen LogP contribution in [0.1, 0.15) is 17.0 Å². The van der Waals surface area contributed by atoms with Crippen LogP contribution in [0.5, 0.6) is 0 Å². The SMILES string of the molecule is N#CC1=C(N)OC2=Nc3ccccc3NC(c3ccccc3)=C2C1c1ccc(Cl)cc1. The first-order valence-corrected chi connectivity index (χ1v) is 10.1. The van der Waals surface area contributed by atoms with Crippen LogP contribution in [0.4, 0.5) is 11.4 Å². The molecule has 0 spiro atoms. The first-order chi connectivity index (χ1) is 15.2. The van der Waals surface area contributed by atoms with E-state index in [2.05, 4.69) is 11.4 Å². The molecule has 2 aliphatic heterocycles. The lowest BCUT2D eigenvalue weighted by Crippen LogP contribution is -2.28. The number of allylic oxidation sites excluding steroid dienone is 1. The largest absolute Gasteiger partial charge is 0.422 e.